The summed E-state index contributed by atoms with van der Waals surface area (Å²) in [5.74, 6) is 0. The van der Waals surface area contributed by atoms with Crippen molar-refractivity contribution in [2.45, 2.75) is 39.5 Å². The molecule has 12 heavy (non-hydrogen) atoms. The molecule has 0 spiro atoms. The zero-order valence-corrected chi connectivity index (χ0v) is 11.2. The third kappa shape index (κ3) is 30.0. The van der Waals surface area contributed by atoms with E-state index in [1.807, 2.05) is 0 Å². The van der Waals surface area contributed by atoms with Gasteiger partial charge in [0.1, 0.15) is 0 Å². The van der Waals surface area contributed by atoms with E-state index in [1.165, 1.54) is 25.7 Å². The summed E-state index contributed by atoms with van der Waals surface area (Å²) in [6, 6.07) is 0. The third-order valence-electron chi connectivity index (χ3n) is 1.39. The molecular weight excluding hydrogens is 191 g/mol. The number of rotatable bonds is 4. The Morgan fingerprint density at radius 3 is 1.92 bits per heavy atom. The molecule has 0 aliphatic rings. The summed E-state index contributed by atoms with van der Waals surface area (Å²) < 4.78 is 30.1. The van der Waals surface area contributed by atoms with E-state index in [2.05, 4.69) is 13.8 Å². The molecule has 1 atom stereocenters. The van der Waals surface area contributed by atoms with Crippen molar-refractivity contribution in [2.75, 3.05) is 0 Å². The van der Waals surface area contributed by atoms with Crippen molar-refractivity contribution in [3.63, 3.8) is 0 Å². The van der Waals surface area contributed by atoms with Crippen molar-refractivity contribution in [2.24, 2.45) is 0 Å². The average Bonchev–Trinajstić information content (AvgIpc) is 1.86. The molecule has 0 saturated carbocycles. The maximum atomic E-state index is 9.67. The first-order valence-electron chi connectivity index (χ1n) is 4.42. The summed E-state index contributed by atoms with van der Waals surface area (Å²) in [5, 5.41) is 0. The number of hydrogen-bond acceptors (Lipinski definition) is 0. The van der Waals surface area contributed by atoms with Gasteiger partial charge in [0, 0.05) is 0 Å². The molecule has 0 heterocycles. The monoisotopic (exact) mass is 206 g/mol. The molecule has 0 radical (unpaired) electrons. The van der Waals surface area contributed by atoms with Gasteiger partial charge in [-0.1, -0.05) is 0 Å². The molecule has 0 saturated heterocycles. The van der Waals surface area contributed by atoms with Crippen LogP contribution < -0.4 is 0 Å². The van der Waals surface area contributed by atoms with E-state index in [4.69, 9.17) is 0 Å². The second-order valence-corrected chi connectivity index (χ2v) is 6.22. The van der Waals surface area contributed by atoms with Crippen LogP contribution in [0.2, 0.25) is 0.0125 Å². The minimum atomic E-state index is -3.67. The molecule has 68 valence electrons. The van der Waals surface area contributed by atoms with Crippen LogP contribution in [0.3, 0.4) is 0 Å². The second kappa shape index (κ2) is 12.5. The van der Waals surface area contributed by atoms with Crippen LogP contribution in [0, 0.1) is 0 Å². The van der Waals surface area contributed by atoms with Crippen LogP contribution in [0.5, 0.6) is 0 Å². The standard InChI is InChI=1S/C7H15.BF3.K/c1-3-5-7-6-4-2;2-1(3)4;/h3H,4-7H2,1-2H3;;. The third-order valence-corrected chi connectivity index (χ3v) is 2.29. The van der Waals surface area contributed by atoms with Gasteiger partial charge in [0.15, 0.2) is 0 Å². The van der Waals surface area contributed by atoms with Crippen LogP contribution >= 0.6 is 0 Å². The molecule has 0 amide bonds. The Morgan fingerprint density at radius 2 is 1.67 bits per heavy atom. The van der Waals surface area contributed by atoms with Crippen LogP contribution in [0.15, 0.2) is 0 Å². The van der Waals surface area contributed by atoms with Crippen LogP contribution in [0.1, 0.15) is 39.5 Å². The minimum Gasteiger partial charge on any atom is -0.254 e. The fraction of sp³-hybridized carbons (Fsp3) is 1.00. The molecule has 0 aromatic rings. The van der Waals surface area contributed by atoms with Gasteiger partial charge in [-0.05, 0) is 0 Å². The summed E-state index contributed by atoms with van der Waals surface area (Å²) in [6.07, 6.45) is 5.79. The van der Waals surface area contributed by atoms with Gasteiger partial charge in [-0.2, -0.15) is 0 Å². The number of unbranched alkanes of at least 4 members (excludes halogenated alkanes) is 2. The van der Waals surface area contributed by atoms with E-state index < -0.39 is 7.54 Å². The Balaban J connectivity index is 0. The zero-order chi connectivity index (χ0) is 9.98. The van der Waals surface area contributed by atoms with Crippen molar-refractivity contribution in [3.8, 4) is 0 Å². The van der Waals surface area contributed by atoms with E-state index in [0.29, 0.717) is 0 Å². The molecule has 0 bridgehead atoms. The van der Waals surface area contributed by atoms with Crippen molar-refractivity contribution in [3.05, 3.63) is 0 Å². The Morgan fingerprint density at radius 1 is 1.25 bits per heavy atom. The quantitative estimate of drug-likeness (QED) is 0.488. The largest absolute Gasteiger partial charge is 0.762 e. The molecule has 5 heteroatoms. The van der Waals surface area contributed by atoms with Crippen LogP contribution in [0.4, 0.5) is 12.9 Å². The van der Waals surface area contributed by atoms with Crippen LogP contribution in [-0.4, -0.2) is 56.5 Å². The molecule has 0 N–H and O–H groups in total. The first-order valence-corrected chi connectivity index (χ1v) is 6.23. The number of hydrogen-bond donors (Lipinski definition) is 0. The van der Waals surface area contributed by atoms with Gasteiger partial charge in [0.25, 0.3) is 0 Å². The maximum absolute atomic E-state index is 9.67. The van der Waals surface area contributed by atoms with Crippen molar-refractivity contribution >= 4 is 56.5 Å². The number of halogens is 3. The van der Waals surface area contributed by atoms with E-state index in [9.17, 15) is 12.9 Å². The fourth-order valence-electron chi connectivity index (χ4n) is 0.803. The van der Waals surface area contributed by atoms with Gasteiger partial charge < -0.3 is 0 Å². The van der Waals surface area contributed by atoms with Gasteiger partial charge in [-0.3, -0.25) is 12.9 Å². The van der Waals surface area contributed by atoms with Gasteiger partial charge in [-0.25, -0.2) is 0 Å². The molecule has 0 aliphatic carbocycles. The van der Waals surface area contributed by atoms with E-state index in [1.54, 1.807) is 0 Å². The fourth-order valence-corrected chi connectivity index (χ4v) is 1.44. The van der Waals surface area contributed by atoms with E-state index in [0.717, 1.165) is 49.0 Å². The predicted octanol–water partition coefficient (Wildman–Crippen LogP) is 3.42. The van der Waals surface area contributed by atoms with Crippen LogP contribution in [0.25, 0.3) is 0 Å². The van der Waals surface area contributed by atoms with Gasteiger partial charge in [-0.15, -0.1) is 0 Å². The predicted molar refractivity (Wildman–Crippen MR) is 48.4 cm³/mol. The van der Waals surface area contributed by atoms with E-state index >= 15 is 0 Å². The molecule has 0 nitrogen and oxygen atoms in total. The van der Waals surface area contributed by atoms with Crippen molar-refractivity contribution in [1.29, 1.82) is 0 Å². The van der Waals surface area contributed by atoms with Crippen molar-refractivity contribution < 1.29 is 12.9 Å². The van der Waals surface area contributed by atoms with Crippen LogP contribution in [-0.2, 0) is 0 Å². The molecule has 1 unspecified atom stereocenters. The topological polar surface area (TPSA) is 0 Å². The SMILES string of the molecule is CCCCC[CH](C)[K].FB(F)F. The Kier molecular flexibility index (Phi) is 16.6. The molecular formula is C7H15BF3K. The van der Waals surface area contributed by atoms with Gasteiger partial charge in [0.2, 0.25) is 0 Å². The minimum absolute atomic E-state index is 1.07. The van der Waals surface area contributed by atoms with Crippen molar-refractivity contribution in [1.82, 2.24) is 0 Å². The Bertz CT molecular complexity index is 78.3. The smallest absolute Gasteiger partial charge is 0.254 e. The summed E-state index contributed by atoms with van der Waals surface area (Å²) in [7, 11) is -3.67. The summed E-state index contributed by atoms with van der Waals surface area (Å²) in [5.41, 5.74) is 0. The average molecular weight is 206 g/mol. The van der Waals surface area contributed by atoms with E-state index in [-0.39, 0.29) is 0 Å². The summed E-state index contributed by atoms with van der Waals surface area (Å²) >= 11 is 1.07. The second-order valence-electron chi connectivity index (χ2n) is 3.14. The molecule has 0 rings (SSSR count). The summed E-state index contributed by atoms with van der Waals surface area (Å²) in [4.78, 5) is 0. The normalized spacial score (nSPS) is 11.6. The molecule has 0 aromatic carbocycles. The maximum Gasteiger partial charge on any atom is 0.762 e. The Labute approximate surface area is 107 Å². The molecule has 0 aromatic heterocycles. The first-order chi connectivity index (χ1) is 5.50. The zero-order valence-electron chi connectivity index (χ0n) is 8.12. The Hall–Kier alpha value is 1.49. The van der Waals surface area contributed by atoms with Gasteiger partial charge >= 0.3 is 96.0 Å². The molecule has 0 fully saturated rings. The summed E-state index contributed by atoms with van der Waals surface area (Å²) in [6.45, 7) is 4.64. The first kappa shape index (κ1) is 15.9. The molecule has 0 aliphatic heterocycles. The van der Waals surface area contributed by atoms with Gasteiger partial charge in [0.05, 0.1) is 0 Å².